The molecule has 0 aliphatic carbocycles. The fourth-order valence-electron chi connectivity index (χ4n) is 7.21. The van der Waals surface area contributed by atoms with E-state index >= 15 is 0 Å². The fraction of sp³-hybridized carbons (Fsp3) is 0.0417. The van der Waals surface area contributed by atoms with Crippen LogP contribution in [0.5, 0.6) is 5.75 Å². The molecular weight excluding hydrogens is 920 g/mol. The second-order valence-corrected chi connectivity index (χ2v) is 15.0. The first kappa shape index (κ1) is 36.2. The number of anilines is 5. The number of hydrogen-bond acceptors (Lipinski definition) is 5. The van der Waals surface area contributed by atoms with Gasteiger partial charge < -0.3 is 14.8 Å². The molecular formula is C48H34IrN4OSe-2. The minimum Gasteiger partial charge on any atom is 0 e. The smallest absolute Gasteiger partial charge is 0 e. The summed E-state index contributed by atoms with van der Waals surface area (Å²) in [6.07, 6.45) is 3.68. The van der Waals surface area contributed by atoms with E-state index in [2.05, 4.69) is 136 Å². The average molecular weight is 954 g/mol. The largest absolute Gasteiger partial charge is 0 e. The summed E-state index contributed by atoms with van der Waals surface area (Å²) in [6, 6.07) is 61.1. The molecule has 0 atom stereocenters. The molecule has 0 amide bonds. The van der Waals surface area contributed by atoms with Gasteiger partial charge in [-0.3, -0.25) is 0 Å². The molecule has 4 heterocycles. The van der Waals surface area contributed by atoms with Crippen molar-refractivity contribution in [1.29, 1.82) is 0 Å². The van der Waals surface area contributed by atoms with Crippen molar-refractivity contribution in [1.82, 2.24) is 9.97 Å². The monoisotopic (exact) mass is 955 g/mol. The molecule has 5 nitrogen and oxygen atoms in total. The van der Waals surface area contributed by atoms with Gasteiger partial charge in [0.2, 0.25) is 0 Å². The van der Waals surface area contributed by atoms with Crippen molar-refractivity contribution in [3.8, 4) is 39.4 Å². The van der Waals surface area contributed by atoms with E-state index in [-0.39, 0.29) is 34.6 Å². The van der Waals surface area contributed by atoms with Crippen LogP contribution in [-0.2, 0) is 20.1 Å². The second kappa shape index (κ2) is 15.9. The Labute approximate surface area is 340 Å². The van der Waals surface area contributed by atoms with E-state index in [1.807, 2.05) is 73.1 Å². The van der Waals surface area contributed by atoms with Gasteiger partial charge in [0.1, 0.15) is 0 Å². The van der Waals surface area contributed by atoms with Crippen molar-refractivity contribution in [3.63, 3.8) is 0 Å². The Morgan fingerprint density at radius 1 is 0.564 bits per heavy atom. The Morgan fingerprint density at radius 2 is 1.20 bits per heavy atom. The molecule has 0 fully saturated rings. The zero-order valence-electron chi connectivity index (χ0n) is 30.1. The van der Waals surface area contributed by atoms with Crippen molar-refractivity contribution in [2.45, 2.75) is 0 Å². The molecule has 0 bridgehead atoms. The van der Waals surface area contributed by atoms with Gasteiger partial charge in [-0.15, -0.1) is 18.2 Å². The van der Waals surface area contributed by atoms with Gasteiger partial charge in [0.05, 0.1) is 11.4 Å². The number of ether oxygens (including phenoxy) is 1. The molecule has 0 saturated heterocycles. The van der Waals surface area contributed by atoms with Crippen LogP contribution in [0.25, 0.3) is 52.9 Å². The van der Waals surface area contributed by atoms with Gasteiger partial charge in [-0.2, -0.15) is 0 Å². The van der Waals surface area contributed by atoms with Crippen LogP contribution in [-0.4, -0.2) is 38.6 Å². The van der Waals surface area contributed by atoms with Crippen LogP contribution in [0.15, 0.2) is 170 Å². The van der Waals surface area contributed by atoms with Gasteiger partial charge in [-0.1, -0.05) is 48.0 Å². The van der Waals surface area contributed by atoms with E-state index in [9.17, 15) is 0 Å². The van der Waals surface area contributed by atoms with Gasteiger partial charge in [-0.05, 0) is 47.4 Å². The van der Waals surface area contributed by atoms with Crippen molar-refractivity contribution in [2.75, 3.05) is 24.0 Å². The Kier molecular flexibility index (Phi) is 10.4. The SMILES string of the molecule is CN1c2ccccc2N(c2ccccc2)c2cc[c-]c(-c3ccccn3)c21.COc1ccc(-c2cccc3c2[se]c2c(-c4ccccn4)[c-]ccc23)cc1.[Ir]. The molecule has 0 N–H and O–H groups in total. The summed E-state index contributed by atoms with van der Waals surface area (Å²) >= 11 is 0.214. The van der Waals surface area contributed by atoms with E-state index in [1.54, 1.807) is 7.11 Å². The van der Waals surface area contributed by atoms with Crippen LogP contribution in [0.4, 0.5) is 28.4 Å². The zero-order chi connectivity index (χ0) is 36.4. The standard InChI is InChI=1S/C24H18N3.C24H16NOSe.Ir/c1-26-21-14-5-6-15-22(21)27(18-10-3-2-4-11-18)23-16-9-12-19(24(23)26)20-13-7-8-17-25-20;1-26-17-13-11-16(12-14-17)18-6-4-7-19-20-8-5-9-21(24(20)27-23(18)19)22-10-2-3-15-25-22;/h2-11,13-17H,1H3;2-8,10-15H,1H3;/q2*-1;. The van der Waals surface area contributed by atoms with Gasteiger partial charge >= 0.3 is 164 Å². The number of benzene rings is 6. The summed E-state index contributed by atoms with van der Waals surface area (Å²) in [7, 11) is 3.81. The quantitative estimate of drug-likeness (QED) is 0.127. The third-order valence-corrected chi connectivity index (χ3v) is 12.4. The summed E-state index contributed by atoms with van der Waals surface area (Å²) in [5.41, 5.74) is 12.3. The minimum absolute atomic E-state index is 0. The van der Waals surface area contributed by atoms with Crippen molar-refractivity contribution >= 4 is 62.2 Å². The normalized spacial score (nSPS) is 11.6. The number of nitrogens with zero attached hydrogens (tertiary/aromatic N) is 4. The molecule has 269 valence electrons. The topological polar surface area (TPSA) is 41.5 Å². The maximum absolute atomic E-state index is 5.31. The fourth-order valence-corrected chi connectivity index (χ4v) is 10.0. The van der Waals surface area contributed by atoms with E-state index < -0.39 is 0 Å². The van der Waals surface area contributed by atoms with E-state index in [0.717, 1.165) is 56.7 Å². The maximum Gasteiger partial charge on any atom is 0 e. The second-order valence-electron chi connectivity index (χ2n) is 12.8. The molecule has 10 rings (SSSR count). The number of aromatic nitrogens is 2. The summed E-state index contributed by atoms with van der Waals surface area (Å²) in [4.78, 5) is 13.7. The number of hydrogen-bond donors (Lipinski definition) is 0. The van der Waals surface area contributed by atoms with E-state index in [1.165, 1.54) is 30.4 Å². The summed E-state index contributed by atoms with van der Waals surface area (Å²) in [5, 5.41) is 2.66. The van der Waals surface area contributed by atoms with Crippen LogP contribution >= 0.6 is 0 Å². The first-order chi connectivity index (χ1) is 26.7. The van der Waals surface area contributed by atoms with Crippen LogP contribution < -0.4 is 14.5 Å². The summed E-state index contributed by atoms with van der Waals surface area (Å²) in [5.74, 6) is 0.882. The third kappa shape index (κ3) is 6.77. The Balaban J connectivity index is 0.000000153. The molecule has 0 spiro atoms. The number of pyridine rings is 2. The van der Waals surface area contributed by atoms with E-state index in [0.29, 0.717) is 0 Å². The summed E-state index contributed by atoms with van der Waals surface area (Å²) in [6.45, 7) is 0. The molecule has 1 aliphatic rings. The number of methoxy groups -OCH3 is 1. The van der Waals surface area contributed by atoms with Crippen molar-refractivity contribution in [3.05, 3.63) is 182 Å². The molecule has 9 aromatic rings. The van der Waals surface area contributed by atoms with Gasteiger partial charge in [0.15, 0.2) is 0 Å². The molecule has 0 unspecified atom stereocenters. The van der Waals surface area contributed by atoms with E-state index in [4.69, 9.17) is 4.74 Å². The molecule has 55 heavy (non-hydrogen) atoms. The summed E-state index contributed by atoms with van der Waals surface area (Å²) < 4.78 is 8.11. The van der Waals surface area contributed by atoms with Crippen LogP contribution in [0, 0.1) is 12.1 Å². The molecule has 7 heteroatoms. The van der Waals surface area contributed by atoms with Crippen LogP contribution in [0.1, 0.15) is 0 Å². The Hall–Kier alpha value is -5.81. The number of fused-ring (bicyclic) bond motifs is 5. The van der Waals surface area contributed by atoms with Gasteiger partial charge in [-0.25, -0.2) is 0 Å². The predicted molar refractivity (Wildman–Crippen MR) is 224 cm³/mol. The van der Waals surface area contributed by atoms with Crippen molar-refractivity contribution in [2.24, 2.45) is 0 Å². The maximum atomic E-state index is 5.31. The third-order valence-electron chi connectivity index (χ3n) is 9.72. The van der Waals surface area contributed by atoms with Gasteiger partial charge in [0, 0.05) is 39.0 Å². The number of para-hydroxylation sites is 3. The Bertz CT molecular complexity index is 2720. The predicted octanol–water partition coefficient (Wildman–Crippen LogP) is 11.7. The zero-order valence-corrected chi connectivity index (χ0v) is 34.2. The van der Waals surface area contributed by atoms with Crippen LogP contribution in [0.3, 0.4) is 0 Å². The average Bonchev–Trinajstić information content (AvgIpc) is 3.64. The molecule has 6 aromatic carbocycles. The first-order valence-electron chi connectivity index (χ1n) is 17.8. The van der Waals surface area contributed by atoms with Gasteiger partial charge in [0.25, 0.3) is 0 Å². The number of rotatable bonds is 5. The first-order valence-corrected chi connectivity index (χ1v) is 19.5. The minimum atomic E-state index is 0. The molecule has 3 aromatic heterocycles. The molecule has 1 radical (unpaired) electrons. The Morgan fingerprint density at radius 3 is 1.91 bits per heavy atom. The molecule has 0 saturated carbocycles. The van der Waals surface area contributed by atoms with Crippen molar-refractivity contribution < 1.29 is 24.8 Å². The van der Waals surface area contributed by atoms with Crippen LogP contribution in [0.2, 0.25) is 0 Å². The molecule has 1 aliphatic heterocycles.